The highest BCUT2D eigenvalue weighted by molar-refractivity contribution is 7.88. The maximum atomic E-state index is 12.0. The van der Waals surface area contributed by atoms with Crippen LogP contribution in [0.15, 0.2) is 24.3 Å². The Hall–Kier alpha value is -1.70. The lowest BCUT2D eigenvalue weighted by Gasteiger charge is -2.11. The van der Waals surface area contributed by atoms with Crippen LogP contribution in [0.3, 0.4) is 0 Å². The van der Waals surface area contributed by atoms with Crippen LogP contribution < -0.4 is 8.37 Å². The minimum atomic E-state index is -5.96. The fourth-order valence-electron chi connectivity index (χ4n) is 0.899. The zero-order chi connectivity index (χ0) is 17.4. The van der Waals surface area contributed by atoms with Gasteiger partial charge in [-0.15, -0.1) is 0 Å². The molecule has 0 fully saturated rings. The van der Waals surface area contributed by atoms with Crippen molar-refractivity contribution < 1.29 is 51.5 Å². The molecule has 0 aliphatic rings. The molecule has 0 bridgehead atoms. The van der Waals surface area contributed by atoms with Crippen LogP contribution in [0.25, 0.3) is 0 Å². The first-order valence-electron chi connectivity index (χ1n) is 4.77. The predicted molar refractivity (Wildman–Crippen MR) is 57.6 cm³/mol. The van der Waals surface area contributed by atoms with E-state index in [2.05, 4.69) is 8.37 Å². The van der Waals surface area contributed by atoms with Crippen LogP contribution in [0.2, 0.25) is 0 Å². The highest BCUT2D eigenvalue weighted by Crippen LogP contribution is 2.30. The highest BCUT2D eigenvalue weighted by atomic mass is 32.2. The van der Waals surface area contributed by atoms with Crippen LogP contribution in [0.1, 0.15) is 0 Å². The third-order valence-corrected chi connectivity index (χ3v) is 3.76. The van der Waals surface area contributed by atoms with Gasteiger partial charge < -0.3 is 8.37 Å². The van der Waals surface area contributed by atoms with E-state index in [1.807, 2.05) is 0 Å². The molecule has 1 aromatic carbocycles. The van der Waals surface area contributed by atoms with Gasteiger partial charge in [-0.05, 0) is 24.3 Å². The van der Waals surface area contributed by atoms with Gasteiger partial charge in [-0.2, -0.15) is 43.2 Å². The topological polar surface area (TPSA) is 86.7 Å². The molecule has 0 atom stereocenters. The summed E-state index contributed by atoms with van der Waals surface area (Å²) in [7, 11) is -11.9. The SMILES string of the molecule is O=S(=O)(Oc1ccc(OS(=O)(=O)C(F)(F)F)cc1)C(F)(F)F. The average Bonchev–Trinajstić information content (AvgIpc) is 2.28. The molecule has 0 aliphatic heterocycles. The summed E-state index contributed by atoms with van der Waals surface area (Å²) in [6.07, 6.45) is 0. The predicted octanol–water partition coefficient (Wildman–Crippen LogP) is 2.14. The molecule has 0 radical (unpaired) electrons. The maximum Gasteiger partial charge on any atom is 0.534 e. The first-order chi connectivity index (χ1) is 9.66. The molecule has 0 heterocycles. The van der Waals surface area contributed by atoms with Gasteiger partial charge in [0, 0.05) is 0 Å². The van der Waals surface area contributed by atoms with E-state index in [0.717, 1.165) is 0 Å². The van der Waals surface area contributed by atoms with E-state index >= 15 is 0 Å². The van der Waals surface area contributed by atoms with Crippen molar-refractivity contribution in [1.29, 1.82) is 0 Å². The fourth-order valence-corrected chi connectivity index (χ4v) is 1.82. The van der Waals surface area contributed by atoms with Gasteiger partial charge in [0.25, 0.3) is 0 Å². The molecule has 0 aliphatic carbocycles. The molecule has 0 unspecified atom stereocenters. The molecule has 1 aromatic rings. The van der Waals surface area contributed by atoms with Crippen molar-refractivity contribution in [3.05, 3.63) is 24.3 Å². The molecule has 126 valence electrons. The van der Waals surface area contributed by atoms with Crippen LogP contribution in [-0.2, 0) is 20.2 Å². The Labute approximate surface area is 119 Å². The third kappa shape index (κ3) is 4.16. The molecule has 14 heteroatoms. The van der Waals surface area contributed by atoms with Crippen LogP contribution >= 0.6 is 0 Å². The summed E-state index contributed by atoms with van der Waals surface area (Å²) in [5.74, 6) is -1.82. The van der Waals surface area contributed by atoms with Crippen LogP contribution in [0, 0.1) is 0 Å². The lowest BCUT2D eigenvalue weighted by molar-refractivity contribution is -0.0505. The Morgan fingerprint density at radius 3 is 1.05 bits per heavy atom. The monoisotopic (exact) mass is 374 g/mol. The molecule has 0 spiro atoms. The van der Waals surface area contributed by atoms with E-state index in [1.54, 1.807) is 0 Å². The Morgan fingerprint density at radius 1 is 0.636 bits per heavy atom. The Balaban J connectivity index is 2.94. The molecular formula is C8H4F6O6S2. The second-order valence-electron chi connectivity index (χ2n) is 3.44. The van der Waals surface area contributed by atoms with E-state index in [0.29, 0.717) is 24.3 Å². The van der Waals surface area contributed by atoms with Gasteiger partial charge in [-0.1, -0.05) is 0 Å². The number of alkyl halides is 6. The summed E-state index contributed by atoms with van der Waals surface area (Å²) in [5.41, 5.74) is -11.4. The maximum absolute atomic E-state index is 12.0. The van der Waals surface area contributed by atoms with Crippen LogP contribution in [-0.4, -0.2) is 27.9 Å². The van der Waals surface area contributed by atoms with Gasteiger partial charge in [0.15, 0.2) is 0 Å². The van der Waals surface area contributed by atoms with E-state index in [4.69, 9.17) is 0 Å². The quantitative estimate of drug-likeness (QED) is 0.456. The lowest BCUT2D eigenvalue weighted by atomic mass is 10.3. The summed E-state index contributed by atoms with van der Waals surface area (Å²) in [6.45, 7) is 0. The normalized spacial score (nSPS) is 13.7. The minimum absolute atomic E-state index is 0.477. The summed E-state index contributed by atoms with van der Waals surface area (Å²) in [6, 6.07) is 1.91. The standard InChI is InChI=1S/C8H4F6O6S2/c9-7(10,11)21(15,16)19-5-1-2-6(4-3-5)20-22(17,18)8(12,13)14/h1-4H. The summed E-state index contributed by atoms with van der Waals surface area (Å²) >= 11 is 0. The molecule has 0 amide bonds. The van der Waals surface area contributed by atoms with Crippen molar-refractivity contribution >= 4 is 20.2 Å². The molecule has 0 N–H and O–H groups in total. The minimum Gasteiger partial charge on any atom is -0.376 e. The Kier molecular flexibility index (Phi) is 4.58. The van der Waals surface area contributed by atoms with Crippen molar-refractivity contribution in [2.75, 3.05) is 0 Å². The smallest absolute Gasteiger partial charge is 0.376 e. The number of hydrogen-bond acceptors (Lipinski definition) is 6. The van der Waals surface area contributed by atoms with E-state index in [9.17, 15) is 43.2 Å². The largest absolute Gasteiger partial charge is 0.534 e. The molecule has 0 aromatic heterocycles. The molecule has 0 saturated heterocycles. The second-order valence-corrected chi connectivity index (χ2v) is 6.51. The Morgan fingerprint density at radius 2 is 0.864 bits per heavy atom. The summed E-state index contributed by atoms with van der Waals surface area (Å²) in [5, 5.41) is 0. The van der Waals surface area contributed by atoms with Gasteiger partial charge in [0.2, 0.25) is 0 Å². The molecule has 22 heavy (non-hydrogen) atoms. The van der Waals surface area contributed by atoms with Gasteiger partial charge >= 0.3 is 31.3 Å². The first-order valence-corrected chi connectivity index (χ1v) is 7.59. The zero-order valence-corrected chi connectivity index (χ0v) is 11.5. The molecule has 0 saturated carbocycles. The number of halogens is 6. The number of benzene rings is 1. The van der Waals surface area contributed by atoms with Crippen LogP contribution in [0.4, 0.5) is 26.3 Å². The van der Waals surface area contributed by atoms with Gasteiger partial charge in [-0.3, -0.25) is 0 Å². The third-order valence-electron chi connectivity index (χ3n) is 1.80. The van der Waals surface area contributed by atoms with E-state index in [1.165, 1.54) is 0 Å². The number of hydrogen-bond donors (Lipinski definition) is 0. The highest BCUT2D eigenvalue weighted by Gasteiger charge is 2.49. The summed E-state index contributed by atoms with van der Waals surface area (Å²) < 4.78 is 122. The lowest BCUT2D eigenvalue weighted by Crippen LogP contribution is -2.28. The molecule has 1 rings (SSSR count). The van der Waals surface area contributed by atoms with Crippen molar-refractivity contribution in [1.82, 2.24) is 0 Å². The van der Waals surface area contributed by atoms with Gasteiger partial charge in [-0.25, -0.2) is 0 Å². The van der Waals surface area contributed by atoms with Crippen molar-refractivity contribution in [3.8, 4) is 11.5 Å². The van der Waals surface area contributed by atoms with E-state index < -0.39 is 42.8 Å². The van der Waals surface area contributed by atoms with Gasteiger partial charge in [0.05, 0.1) is 0 Å². The molecule has 6 nitrogen and oxygen atoms in total. The van der Waals surface area contributed by atoms with E-state index in [-0.39, 0.29) is 0 Å². The zero-order valence-electron chi connectivity index (χ0n) is 9.84. The van der Waals surface area contributed by atoms with Crippen LogP contribution in [0.5, 0.6) is 11.5 Å². The summed E-state index contributed by atoms with van der Waals surface area (Å²) in [4.78, 5) is 0. The number of rotatable bonds is 4. The first kappa shape index (κ1) is 18.3. The van der Waals surface area contributed by atoms with Crippen molar-refractivity contribution in [3.63, 3.8) is 0 Å². The second kappa shape index (κ2) is 5.49. The van der Waals surface area contributed by atoms with Crippen molar-refractivity contribution in [2.45, 2.75) is 11.0 Å². The average molecular weight is 374 g/mol. The fraction of sp³-hybridized carbons (Fsp3) is 0.250. The Bertz CT molecular complexity index is 666. The molecular weight excluding hydrogens is 370 g/mol. The van der Waals surface area contributed by atoms with Crippen molar-refractivity contribution in [2.24, 2.45) is 0 Å². The van der Waals surface area contributed by atoms with Gasteiger partial charge in [0.1, 0.15) is 11.5 Å².